The maximum Gasteiger partial charge on any atom is 0.335 e. The zero-order chi connectivity index (χ0) is 8.55. The molecule has 1 aromatic carbocycles. The number of rotatable bonds is 1. The Bertz CT molecular complexity index is 373. The maximum absolute atomic E-state index is 10.5. The lowest BCUT2D eigenvalue weighted by molar-refractivity contribution is 0.0697. The van der Waals surface area contributed by atoms with Crippen LogP contribution in [0.3, 0.4) is 0 Å². The first-order chi connectivity index (χ1) is 5.77. The van der Waals surface area contributed by atoms with Gasteiger partial charge in [-0.25, -0.2) is 4.79 Å². The molecule has 1 heterocycles. The minimum atomic E-state index is -0.905. The molecule has 12 heavy (non-hydrogen) atoms. The molecule has 0 fully saturated rings. The van der Waals surface area contributed by atoms with Crippen LogP contribution in [0, 0.1) is 0 Å². The van der Waals surface area contributed by atoms with Gasteiger partial charge in [0.1, 0.15) is 0 Å². The second-order valence-corrected chi connectivity index (χ2v) is 2.56. The van der Waals surface area contributed by atoms with E-state index in [1.807, 2.05) is 0 Å². The number of hydrogen-bond acceptors (Lipinski definition) is 2. The van der Waals surface area contributed by atoms with Gasteiger partial charge in [0.05, 0.1) is 5.56 Å². The molecule has 1 radical (unpaired) electrons. The number of benzene rings is 1. The Morgan fingerprint density at radius 1 is 1.50 bits per heavy atom. The van der Waals surface area contributed by atoms with E-state index in [-0.39, 0.29) is 0 Å². The van der Waals surface area contributed by atoms with Gasteiger partial charge in [-0.1, -0.05) is 12.1 Å². The summed E-state index contributed by atoms with van der Waals surface area (Å²) in [6.45, 7) is 0. The van der Waals surface area contributed by atoms with Crippen molar-refractivity contribution in [2.75, 3.05) is 0 Å². The Labute approximate surface area is 70.0 Å². The fourth-order valence-electron chi connectivity index (χ4n) is 1.14. The van der Waals surface area contributed by atoms with Gasteiger partial charge >= 0.3 is 13.4 Å². The molecule has 0 spiro atoms. The summed E-state index contributed by atoms with van der Waals surface area (Å²) in [7, 11) is 1.65. The van der Waals surface area contributed by atoms with Crippen molar-refractivity contribution in [3.63, 3.8) is 0 Å². The summed E-state index contributed by atoms with van der Waals surface area (Å²) in [6.07, 6.45) is 1.71. The van der Waals surface area contributed by atoms with E-state index in [1.54, 1.807) is 31.8 Å². The zero-order valence-corrected chi connectivity index (χ0v) is 6.19. The van der Waals surface area contributed by atoms with E-state index < -0.39 is 5.97 Å². The van der Waals surface area contributed by atoms with Crippen LogP contribution in [0.2, 0.25) is 0 Å². The first-order valence-electron chi connectivity index (χ1n) is 3.51. The number of carboxylic acids is 1. The molecule has 3 nitrogen and oxygen atoms in total. The van der Waals surface area contributed by atoms with Crippen molar-refractivity contribution in [1.29, 1.82) is 0 Å². The normalized spacial score (nSPS) is 12.3. The Morgan fingerprint density at radius 3 is 3.08 bits per heavy atom. The van der Waals surface area contributed by atoms with Crippen molar-refractivity contribution in [2.24, 2.45) is 4.90 Å². The van der Waals surface area contributed by atoms with Gasteiger partial charge in [-0.15, -0.1) is 0 Å². The maximum atomic E-state index is 10.5. The fraction of sp³-hybridized carbons (Fsp3) is 0. The minimum absolute atomic E-state index is 0.301. The van der Waals surface area contributed by atoms with Gasteiger partial charge in [-0.05, 0) is 17.1 Å². The molecule has 1 aliphatic rings. The highest BCUT2D eigenvalue weighted by molar-refractivity contribution is 6.57. The quantitative estimate of drug-likeness (QED) is 0.587. The molecule has 1 aliphatic heterocycles. The lowest BCUT2D eigenvalue weighted by atomic mass is 9.83. The molecule has 57 valence electrons. The van der Waals surface area contributed by atoms with Gasteiger partial charge in [0.15, 0.2) is 0 Å². The topological polar surface area (TPSA) is 49.7 Å². The van der Waals surface area contributed by atoms with Crippen LogP contribution in [0.5, 0.6) is 0 Å². The Morgan fingerprint density at radius 2 is 2.33 bits per heavy atom. The third kappa shape index (κ3) is 1.01. The summed E-state index contributed by atoms with van der Waals surface area (Å²) in [5.41, 5.74) is 2.14. The molecule has 1 N–H and O–H groups in total. The van der Waals surface area contributed by atoms with Crippen LogP contribution in [-0.4, -0.2) is 24.7 Å². The van der Waals surface area contributed by atoms with E-state index in [9.17, 15) is 4.79 Å². The molecule has 0 amide bonds. The number of hydrogen-bond donors (Lipinski definition) is 1. The monoisotopic (exact) mass is 158 g/mol. The van der Waals surface area contributed by atoms with E-state index >= 15 is 0 Å². The lowest BCUT2D eigenvalue weighted by Gasteiger charge is -1.97. The van der Waals surface area contributed by atoms with Crippen LogP contribution in [0.25, 0.3) is 0 Å². The van der Waals surface area contributed by atoms with Gasteiger partial charge in [0.2, 0.25) is 0 Å². The van der Waals surface area contributed by atoms with Gasteiger partial charge in [0, 0.05) is 6.21 Å². The molecular weight excluding hydrogens is 153 g/mol. The highest BCUT2D eigenvalue weighted by Gasteiger charge is 2.10. The number of fused-ring (bicyclic) bond motifs is 1. The predicted octanol–water partition coefficient (Wildman–Crippen LogP) is 0.0618. The van der Waals surface area contributed by atoms with E-state index in [0.29, 0.717) is 5.56 Å². The average Bonchev–Trinajstić information content (AvgIpc) is 2.49. The number of aromatic carboxylic acids is 1. The predicted molar refractivity (Wildman–Crippen MR) is 46.4 cm³/mol. The van der Waals surface area contributed by atoms with Gasteiger partial charge in [-0.3, -0.25) is 0 Å². The minimum Gasteiger partial charge on any atom is -0.478 e. The smallest absolute Gasteiger partial charge is 0.335 e. The van der Waals surface area contributed by atoms with Crippen LogP contribution < -0.4 is 5.46 Å². The fourth-order valence-corrected chi connectivity index (χ4v) is 1.14. The Hall–Kier alpha value is -1.58. The molecule has 0 aromatic heterocycles. The molecule has 1 aromatic rings. The van der Waals surface area contributed by atoms with E-state index in [1.165, 1.54) is 0 Å². The van der Waals surface area contributed by atoms with Crippen molar-refractivity contribution in [1.82, 2.24) is 0 Å². The van der Waals surface area contributed by atoms with Crippen molar-refractivity contribution < 1.29 is 9.90 Å². The number of carboxylic acid groups (broad SMARTS) is 1. The summed E-state index contributed by atoms with van der Waals surface area (Å²) in [6, 6.07) is 4.95. The summed E-state index contributed by atoms with van der Waals surface area (Å²) in [4.78, 5) is 14.5. The Kier molecular flexibility index (Phi) is 1.47. The molecule has 0 unspecified atom stereocenters. The van der Waals surface area contributed by atoms with Crippen LogP contribution in [0.4, 0.5) is 0 Å². The summed E-state index contributed by atoms with van der Waals surface area (Å²) in [5, 5.41) is 8.66. The number of carbonyl (C=O) groups is 1. The van der Waals surface area contributed by atoms with Crippen LogP contribution in [0.15, 0.2) is 23.1 Å². The second-order valence-electron chi connectivity index (χ2n) is 2.56. The first-order valence-corrected chi connectivity index (χ1v) is 3.51. The van der Waals surface area contributed by atoms with Crippen molar-refractivity contribution >= 4 is 25.1 Å². The van der Waals surface area contributed by atoms with Crippen molar-refractivity contribution in [3.05, 3.63) is 29.3 Å². The van der Waals surface area contributed by atoms with Crippen LogP contribution in [-0.2, 0) is 0 Å². The van der Waals surface area contributed by atoms with E-state index in [0.717, 1.165) is 11.0 Å². The van der Waals surface area contributed by atoms with Crippen molar-refractivity contribution in [2.45, 2.75) is 0 Å². The third-order valence-electron chi connectivity index (χ3n) is 1.76. The summed E-state index contributed by atoms with van der Waals surface area (Å²) in [5.74, 6) is -0.905. The molecule has 0 aliphatic carbocycles. The lowest BCUT2D eigenvalue weighted by Crippen LogP contribution is -2.14. The van der Waals surface area contributed by atoms with Crippen LogP contribution in [0.1, 0.15) is 15.9 Å². The SMILES string of the molecule is O=C(O)c1ccc2c(c1)[B]N=C2. The van der Waals surface area contributed by atoms with E-state index in [4.69, 9.17) is 5.11 Å². The summed E-state index contributed by atoms with van der Waals surface area (Å²) >= 11 is 0. The first kappa shape index (κ1) is 7.09. The molecule has 0 saturated carbocycles. The molecule has 0 saturated heterocycles. The number of nitrogens with zero attached hydrogens (tertiary/aromatic N) is 1. The van der Waals surface area contributed by atoms with Crippen molar-refractivity contribution in [3.8, 4) is 0 Å². The molecular formula is C8H5BNO2. The average molecular weight is 158 g/mol. The second kappa shape index (κ2) is 2.48. The zero-order valence-electron chi connectivity index (χ0n) is 6.19. The summed E-state index contributed by atoms with van der Waals surface area (Å²) < 4.78 is 0. The highest BCUT2D eigenvalue weighted by atomic mass is 16.4. The van der Waals surface area contributed by atoms with Gasteiger partial charge < -0.3 is 10.0 Å². The Balaban J connectivity index is 2.49. The molecule has 0 bridgehead atoms. The highest BCUT2D eigenvalue weighted by Crippen LogP contribution is 2.03. The van der Waals surface area contributed by atoms with Crippen LogP contribution >= 0.6 is 0 Å². The molecule has 2 rings (SSSR count). The largest absolute Gasteiger partial charge is 0.478 e. The third-order valence-corrected chi connectivity index (χ3v) is 1.76. The standard InChI is InChI=1S/C8H5BNO2/c11-8(12)5-1-2-6-4-10-9-7(6)3-5/h1-4H,(H,11,12). The molecule has 4 heteroatoms. The van der Waals surface area contributed by atoms with Gasteiger partial charge in [0.25, 0.3) is 0 Å². The molecule has 0 atom stereocenters. The van der Waals surface area contributed by atoms with Gasteiger partial charge in [-0.2, -0.15) is 0 Å². The van der Waals surface area contributed by atoms with E-state index in [2.05, 4.69) is 4.90 Å².